The molecule has 0 saturated carbocycles. The van der Waals surface area contributed by atoms with E-state index in [1.54, 1.807) is 12.1 Å². The maximum atomic E-state index is 14.1. The highest BCUT2D eigenvalue weighted by Crippen LogP contribution is 2.42. The predicted octanol–water partition coefficient (Wildman–Crippen LogP) is 3.50. The number of nitrogens with zero attached hydrogens (tertiary/aromatic N) is 2. The van der Waals surface area contributed by atoms with Gasteiger partial charge in [0.1, 0.15) is 0 Å². The molecule has 9 nitrogen and oxygen atoms in total. The van der Waals surface area contributed by atoms with Crippen molar-refractivity contribution < 1.29 is 27.4 Å². The molecule has 194 valence electrons. The first-order chi connectivity index (χ1) is 17.7. The van der Waals surface area contributed by atoms with Gasteiger partial charge < -0.3 is 24.5 Å². The van der Waals surface area contributed by atoms with E-state index in [0.29, 0.717) is 0 Å². The van der Waals surface area contributed by atoms with E-state index in [-0.39, 0.29) is 34.3 Å². The molecule has 37 heavy (non-hydrogen) atoms. The highest BCUT2D eigenvalue weighted by Gasteiger charge is 2.36. The van der Waals surface area contributed by atoms with Gasteiger partial charge in [-0.05, 0) is 36.2 Å². The summed E-state index contributed by atoms with van der Waals surface area (Å²) in [5.41, 5.74) is 7.97. The second-order valence-corrected chi connectivity index (χ2v) is 10.2. The Bertz CT molecular complexity index is 1510. The molecule has 0 spiro atoms. The van der Waals surface area contributed by atoms with Crippen molar-refractivity contribution >= 4 is 32.5 Å². The highest BCUT2D eigenvalue weighted by molar-refractivity contribution is 7.93. The van der Waals surface area contributed by atoms with Gasteiger partial charge in [0.2, 0.25) is 5.75 Å². The lowest BCUT2D eigenvalue weighted by Crippen LogP contribution is -2.48. The molecular weight excluding hydrogens is 494 g/mol. The monoisotopic (exact) mass is 523 g/mol. The summed E-state index contributed by atoms with van der Waals surface area (Å²) in [5.74, 6) is -0.149. The number of nitrogens with two attached hydrogens (primary N) is 1. The minimum absolute atomic E-state index is 0.0103. The van der Waals surface area contributed by atoms with Crippen LogP contribution in [-0.4, -0.2) is 46.3 Å². The van der Waals surface area contributed by atoms with Gasteiger partial charge in [-0.25, -0.2) is 12.7 Å². The summed E-state index contributed by atoms with van der Waals surface area (Å²) in [6, 6.07) is 17.4. The average Bonchev–Trinajstić information content (AvgIpc) is 3.28. The molecule has 1 heterocycles. The fourth-order valence-electron chi connectivity index (χ4n) is 4.20. The van der Waals surface area contributed by atoms with Crippen molar-refractivity contribution in [3.63, 3.8) is 0 Å². The highest BCUT2D eigenvalue weighted by atomic mass is 32.2. The van der Waals surface area contributed by atoms with E-state index < -0.39 is 22.0 Å². The molecule has 2 N–H and O–H groups in total. The zero-order chi connectivity index (χ0) is 26.7. The fourth-order valence-corrected chi connectivity index (χ4v) is 5.68. The number of sulfonamides is 1. The van der Waals surface area contributed by atoms with Crippen LogP contribution < -0.4 is 24.2 Å². The van der Waals surface area contributed by atoms with Crippen LogP contribution in [0.1, 0.15) is 5.56 Å². The number of methoxy groups -OCH3 is 3. The molecule has 10 heteroatoms. The van der Waals surface area contributed by atoms with Crippen molar-refractivity contribution in [1.82, 2.24) is 4.57 Å². The van der Waals surface area contributed by atoms with E-state index in [1.807, 2.05) is 48.1 Å². The van der Waals surface area contributed by atoms with E-state index in [4.69, 9.17) is 19.9 Å². The quantitative estimate of drug-likeness (QED) is 0.357. The second-order valence-electron chi connectivity index (χ2n) is 8.43. The van der Waals surface area contributed by atoms with E-state index in [1.165, 1.54) is 45.6 Å². The average molecular weight is 524 g/mol. The first kappa shape index (κ1) is 26.1. The SMILES string of the molecule is COc1cc(N(C(=O)C(N)Cc2ccccc2)S(=O)(=O)c2ccc3c(ccn3C)c2)cc(OC)c1OC. The molecule has 0 aliphatic heterocycles. The molecule has 0 bridgehead atoms. The van der Waals surface area contributed by atoms with Crippen LogP contribution in [0.5, 0.6) is 17.2 Å². The maximum absolute atomic E-state index is 14.1. The van der Waals surface area contributed by atoms with Crippen LogP contribution in [-0.2, 0) is 28.3 Å². The summed E-state index contributed by atoms with van der Waals surface area (Å²) in [6.07, 6.45) is 1.98. The lowest BCUT2D eigenvalue weighted by atomic mass is 10.1. The lowest BCUT2D eigenvalue weighted by molar-refractivity contribution is -0.118. The van der Waals surface area contributed by atoms with Crippen molar-refractivity contribution in [2.45, 2.75) is 17.4 Å². The zero-order valence-corrected chi connectivity index (χ0v) is 21.9. The summed E-state index contributed by atoms with van der Waals surface area (Å²) in [7, 11) is 1.72. The second kappa shape index (κ2) is 10.5. The van der Waals surface area contributed by atoms with Crippen LogP contribution in [0.2, 0.25) is 0 Å². The molecule has 1 amide bonds. The Morgan fingerprint density at radius 2 is 1.59 bits per heavy atom. The lowest BCUT2D eigenvalue weighted by Gasteiger charge is -2.27. The Labute approximate surface area is 216 Å². The number of ether oxygens (including phenoxy) is 3. The number of hydrogen-bond acceptors (Lipinski definition) is 7. The molecule has 1 atom stereocenters. The molecule has 1 aromatic heterocycles. The van der Waals surface area contributed by atoms with E-state index in [0.717, 1.165) is 20.8 Å². The number of rotatable bonds is 9. The van der Waals surface area contributed by atoms with Crippen molar-refractivity contribution in [3.05, 3.63) is 78.5 Å². The van der Waals surface area contributed by atoms with Gasteiger partial charge in [-0.3, -0.25) is 4.79 Å². The Morgan fingerprint density at radius 3 is 2.19 bits per heavy atom. The van der Waals surface area contributed by atoms with E-state index >= 15 is 0 Å². The third-order valence-corrected chi connectivity index (χ3v) is 7.82. The molecular formula is C27H29N3O6S. The van der Waals surface area contributed by atoms with Gasteiger partial charge in [-0.15, -0.1) is 0 Å². The molecule has 4 aromatic rings. The molecule has 0 aliphatic carbocycles. The van der Waals surface area contributed by atoms with Crippen molar-refractivity contribution in [2.75, 3.05) is 25.6 Å². The molecule has 1 unspecified atom stereocenters. The van der Waals surface area contributed by atoms with Crippen molar-refractivity contribution in [2.24, 2.45) is 12.8 Å². The van der Waals surface area contributed by atoms with Crippen LogP contribution in [0.15, 0.2) is 77.8 Å². The van der Waals surface area contributed by atoms with Gasteiger partial charge in [0, 0.05) is 36.3 Å². The summed E-state index contributed by atoms with van der Waals surface area (Å²) >= 11 is 0. The summed E-state index contributed by atoms with van der Waals surface area (Å²) in [4.78, 5) is 13.7. The first-order valence-corrected chi connectivity index (χ1v) is 12.9. The fraction of sp³-hybridized carbons (Fsp3) is 0.222. The van der Waals surface area contributed by atoms with Gasteiger partial charge in [0.25, 0.3) is 15.9 Å². The number of carbonyl (C=O) groups excluding carboxylic acids is 1. The van der Waals surface area contributed by atoms with Crippen molar-refractivity contribution in [3.8, 4) is 17.2 Å². The number of fused-ring (bicyclic) bond motifs is 1. The van der Waals surface area contributed by atoms with E-state index in [9.17, 15) is 13.2 Å². The van der Waals surface area contributed by atoms with Gasteiger partial charge in [-0.1, -0.05) is 30.3 Å². The number of anilines is 1. The van der Waals surface area contributed by atoms with E-state index in [2.05, 4.69) is 0 Å². The molecule has 3 aromatic carbocycles. The van der Waals surface area contributed by atoms with Crippen LogP contribution in [0.25, 0.3) is 10.9 Å². The number of hydrogen-bond donors (Lipinski definition) is 1. The van der Waals surface area contributed by atoms with Gasteiger partial charge in [0.15, 0.2) is 11.5 Å². The zero-order valence-electron chi connectivity index (χ0n) is 21.0. The minimum atomic E-state index is -4.40. The Hall–Kier alpha value is -4.02. The van der Waals surface area contributed by atoms with Crippen LogP contribution in [0.4, 0.5) is 5.69 Å². The summed E-state index contributed by atoms with van der Waals surface area (Å²) in [6.45, 7) is 0. The number of carbonyl (C=O) groups is 1. The number of benzene rings is 3. The maximum Gasteiger partial charge on any atom is 0.270 e. The van der Waals surface area contributed by atoms with Crippen LogP contribution in [0, 0.1) is 0 Å². The molecule has 0 fully saturated rings. The van der Waals surface area contributed by atoms with Gasteiger partial charge >= 0.3 is 0 Å². The number of amides is 1. The topological polar surface area (TPSA) is 113 Å². The van der Waals surface area contributed by atoms with Crippen LogP contribution >= 0.6 is 0 Å². The van der Waals surface area contributed by atoms with Gasteiger partial charge in [0.05, 0.1) is 38.0 Å². The van der Waals surface area contributed by atoms with Gasteiger partial charge in [-0.2, -0.15) is 0 Å². The predicted molar refractivity (Wildman–Crippen MR) is 142 cm³/mol. The standard InChI is InChI=1S/C27H29N3O6S/c1-29-13-12-19-15-21(10-11-23(19)29)37(32,33)30(27(31)22(28)14-18-8-6-5-7-9-18)20-16-24(34-2)26(36-4)25(17-20)35-3/h5-13,15-17,22H,14,28H2,1-4H3. The summed E-state index contributed by atoms with van der Waals surface area (Å²) < 4.78 is 46.9. The van der Waals surface area contributed by atoms with Crippen LogP contribution in [0.3, 0.4) is 0 Å². The number of aryl methyl sites for hydroxylation is 1. The first-order valence-electron chi connectivity index (χ1n) is 11.4. The third-order valence-electron chi connectivity index (χ3n) is 6.09. The molecule has 4 rings (SSSR count). The Balaban J connectivity index is 1.87. The molecule has 0 saturated heterocycles. The van der Waals surface area contributed by atoms with Crippen molar-refractivity contribution in [1.29, 1.82) is 0 Å². The Morgan fingerprint density at radius 1 is 0.946 bits per heavy atom. The molecule has 0 aliphatic rings. The number of aromatic nitrogens is 1. The third kappa shape index (κ3) is 4.98. The largest absolute Gasteiger partial charge is 0.493 e. The summed E-state index contributed by atoms with van der Waals surface area (Å²) in [5, 5.41) is 0.717. The minimum Gasteiger partial charge on any atom is -0.493 e. The molecule has 0 radical (unpaired) electrons. The smallest absolute Gasteiger partial charge is 0.270 e. The Kier molecular flexibility index (Phi) is 7.42. The normalized spacial score (nSPS) is 12.2.